The van der Waals surface area contributed by atoms with Crippen LogP contribution in [0.15, 0.2) is 60.0 Å². The number of fused-ring (bicyclic) bond motifs is 1. The fourth-order valence-corrected chi connectivity index (χ4v) is 5.30. The molecular formula is C28H32ClN3O3S. The van der Waals surface area contributed by atoms with Crippen molar-refractivity contribution < 1.29 is 14.3 Å². The lowest BCUT2D eigenvalue weighted by Crippen LogP contribution is -2.54. The molecule has 2 aromatic carbocycles. The van der Waals surface area contributed by atoms with Gasteiger partial charge in [0.1, 0.15) is 18.9 Å². The molecule has 1 aliphatic rings. The van der Waals surface area contributed by atoms with Crippen molar-refractivity contribution in [1.29, 1.82) is 0 Å². The number of hydrogen-bond donors (Lipinski definition) is 1. The second-order valence-electron chi connectivity index (χ2n) is 9.97. The predicted octanol–water partition coefficient (Wildman–Crippen LogP) is 6.55. The number of hydrogen-bond acceptors (Lipinski definition) is 4. The standard InChI is InChI=1S/C28H32ClN3O3S/c1-19-5-9-21(10-6-19)30-27(34)32(28(2,3)4)17-26(33)31-15-13-25-23(14-16-36-25)24(31)18-35-22-11-7-20(29)8-12-22/h5-12,14,16,24H,13,15,17-18H2,1-4H3,(H,30,34). The molecule has 3 aromatic rings. The van der Waals surface area contributed by atoms with Crippen molar-refractivity contribution >= 4 is 40.6 Å². The van der Waals surface area contributed by atoms with Gasteiger partial charge in [-0.1, -0.05) is 29.3 Å². The average molecular weight is 526 g/mol. The molecule has 4 rings (SSSR count). The van der Waals surface area contributed by atoms with E-state index in [2.05, 4.69) is 16.8 Å². The van der Waals surface area contributed by atoms with Gasteiger partial charge in [0.05, 0.1) is 6.04 Å². The van der Waals surface area contributed by atoms with Crippen molar-refractivity contribution in [3.8, 4) is 5.75 Å². The van der Waals surface area contributed by atoms with Crippen LogP contribution in [0, 0.1) is 6.92 Å². The van der Waals surface area contributed by atoms with Crippen LogP contribution in [0.5, 0.6) is 5.75 Å². The molecule has 1 aromatic heterocycles. The van der Waals surface area contributed by atoms with Gasteiger partial charge in [-0.3, -0.25) is 4.79 Å². The average Bonchev–Trinajstić information content (AvgIpc) is 3.31. The summed E-state index contributed by atoms with van der Waals surface area (Å²) in [5.74, 6) is 0.591. The molecule has 0 radical (unpaired) electrons. The molecule has 2 heterocycles. The highest BCUT2D eigenvalue weighted by Crippen LogP contribution is 2.34. The van der Waals surface area contributed by atoms with Crippen LogP contribution < -0.4 is 10.1 Å². The Labute approximate surface area is 221 Å². The molecule has 36 heavy (non-hydrogen) atoms. The third-order valence-electron chi connectivity index (χ3n) is 6.29. The molecule has 1 atom stereocenters. The first-order valence-corrected chi connectivity index (χ1v) is 13.3. The number of benzene rings is 2. The summed E-state index contributed by atoms with van der Waals surface area (Å²) in [5.41, 5.74) is 2.37. The summed E-state index contributed by atoms with van der Waals surface area (Å²) in [6.07, 6.45) is 0.793. The highest BCUT2D eigenvalue weighted by atomic mass is 35.5. The van der Waals surface area contributed by atoms with Crippen molar-refractivity contribution in [1.82, 2.24) is 9.80 Å². The molecule has 0 aliphatic carbocycles. The molecule has 8 heteroatoms. The summed E-state index contributed by atoms with van der Waals surface area (Å²) in [6.45, 7) is 8.67. The molecule has 1 aliphatic heterocycles. The maximum Gasteiger partial charge on any atom is 0.322 e. The van der Waals surface area contributed by atoms with Crippen molar-refractivity contribution in [2.24, 2.45) is 0 Å². The van der Waals surface area contributed by atoms with Gasteiger partial charge in [-0.05, 0) is 87.5 Å². The molecule has 0 spiro atoms. The fourth-order valence-electron chi connectivity index (χ4n) is 4.25. The Bertz CT molecular complexity index is 1200. The molecule has 0 bridgehead atoms. The van der Waals surface area contributed by atoms with E-state index in [-0.39, 0.29) is 24.5 Å². The number of carbonyl (C=O) groups is 2. The number of rotatable bonds is 6. The van der Waals surface area contributed by atoms with Gasteiger partial charge in [-0.25, -0.2) is 4.79 Å². The molecule has 3 amide bonds. The normalized spacial score (nSPS) is 15.2. The van der Waals surface area contributed by atoms with E-state index in [0.29, 0.717) is 29.6 Å². The van der Waals surface area contributed by atoms with Crippen LogP contribution in [0.25, 0.3) is 0 Å². The summed E-state index contributed by atoms with van der Waals surface area (Å²) in [4.78, 5) is 31.7. The minimum atomic E-state index is -0.553. The van der Waals surface area contributed by atoms with Crippen molar-refractivity contribution in [3.05, 3.63) is 81.0 Å². The number of amides is 3. The number of urea groups is 1. The predicted molar refractivity (Wildman–Crippen MR) is 146 cm³/mol. The SMILES string of the molecule is Cc1ccc(NC(=O)N(CC(=O)N2CCc3sccc3C2COc2ccc(Cl)cc2)C(C)(C)C)cc1. The van der Waals surface area contributed by atoms with Gasteiger partial charge in [0.25, 0.3) is 0 Å². The zero-order chi connectivity index (χ0) is 25.9. The van der Waals surface area contributed by atoms with Gasteiger partial charge in [0.2, 0.25) is 5.91 Å². The van der Waals surface area contributed by atoms with E-state index in [4.69, 9.17) is 16.3 Å². The highest BCUT2D eigenvalue weighted by molar-refractivity contribution is 7.10. The van der Waals surface area contributed by atoms with Crippen LogP contribution in [0.1, 0.15) is 42.8 Å². The van der Waals surface area contributed by atoms with Crippen molar-refractivity contribution in [2.45, 2.75) is 45.7 Å². The maximum atomic E-state index is 13.7. The van der Waals surface area contributed by atoms with Crippen molar-refractivity contribution in [3.63, 3.8) is 0 Å². The van der Waals surface area contributed by atoms with E-state index in [0.717, 1.165) is 17.5 Å². The van der Waals surface area contributed by atoms with Crippen LogP contribution in [0.3, 0.4) is 0 Å². The van der Waals surface area contributed by atoms with E-state index >= 15 is 0 Å². The summed E-state index contributed by atoms with van der Waals surface area (Å²) in [7, 11) is 0. The summed E-state index contributed by atoms with van der Waals surface area (Å²) in [6, 6.07) is 16.4. The third-order valence-corrected chi connectivity index (χ3v) is 7.54. The van der Waals surface area contributed by atoms with Crippen LogP contribution in [-0.4, -0.2) is 47.0 Å². The molecule has 190 valence electrons. The second kappa shape index (κ2) is 10.9. The number of ether oxygens (including phenoxy) is 1. The fraction of sp³-hybridized carbons (Fsp3) is 0.357. The molecule has 6 nitrogen and oxygen atoms in total. The van der Waals surface area contributed by atoms with Gasteiger partial charge >= 0.3 is 6.03 Å². The second-order valence-corrected chi connectivity index (χ2v) is 11.4. The molecule has 1 unspecified atom stereocenters. The number of nitrogens with one attached hydrogen (secondary N) is 1. The first kappa shape index (κ1) is 26.0. The summed E-state index contributed by atoms with van der Waals surface area (Å²) >= 11 is 7.71. The minimum absolute atomic E-state index is 0.0297. The largest absolute Gasteiger partial charge is 0.491 e. The molecular weight excluding hydrogens is 494 g/mol. The van der Waals surface area contributed by atoms with E-state index in [1.165, 1.54) is 4.88 Å². The lowest BCUT2D eigenvalue weighted by Gasteiger charge is -2.40. The third kappa shape index (κ3) is 6.20. The van der Waals surface area contributed by atoms with Crippen LogP contribution in [0.4, 0.5) is 10.5 Å². The Morgan fingerprint density at radius 1 is 1.11 bits per heavy atom. The molecule has 0 fully saturated rings. The first-order chi connectivity index (χ1) is 17.1. The number of thiophene rings is 1. The lowest BCUT2D eigenvalue weighted by molar-refractivity contribution is -0.136. The number of aryl methyl sites for hydroxylation is 1. The summed E-state index contributed by atoms with van der Waals surface area (Å²) in [5, 5.41) is 5.64. The van der Waals surface area contributed by atoms with E-state index in [1.54, 1.807) is 28.4 Å². The monoisotopic (exact) mass is 525 g/mol. The topological polar surface area (TPSA) is 61.9 Å². The zero-order valence-corrected chi connectivity index (χ0v) is 22.7. The Kier molecular flexibility index (Phi) is 7.91. The summed E-state index contributed by atoms with van der Waals surface area (Å²) < 4.78 is 6.07. The number of anilines is 1. The lowest BCUT2D eigenvalue weighted by atomic mass is 10.00. The van der Waals surface area contributed by atoms with Gasteiger partial charge in [-0.2, -0.15) is 0 Å². The zero-order valence-electron chi connectivity index (χ0n) is 21.1. The van der Waals surface area contributed by atoms with Gasteiger partial charge < -0.3 is 19.9 Å². The Balaban J connectivity index is 1.51. The van der Waals surface area contributed by atoms with Gasteiger partial charge in [0, 0.05) is 27.7 Å². The minimum Gasteiger partial charge on any atom is -0.491 e. The van der Waals surface area contributed by atoms with E-state index in [1.807, 2.05) is 69.0 Å². The molecule has 1 N–H and O–H groups in total. The highest BCUT2D eigenvalue weighted by Gasteiger charge is 2.36. The Morgan fingerprint density at radius 2 is 1.81 bits per heavy atom. The van der Waals surface area contributed by atoms with Gasteiger partial charge in [0.15, 0.2) is 0 Å². The van der Waals surface area contributed by atoms with Crippen LogP contribution >= 0.6 is 22.9 Å². The first-order valence-electron chi connectivity index (χ1n) is 12.0. The molecule has 0 saturated heterocycles. The number of nitrogens with zero attached hydrogens (tertiary/aromatic N) is 2. The van der Waals surface area contributed by atoms with E-state index < -0.39 is 5.54 Å². The quantitative estimate of drug-likeness (QED) is 0.397. The van der Waals surface area contributed by atoms with E-state index in [9.17, 15) is 9.59 Å². The Hall–Kier alpha value is -3.03. The van der Waals surface area contributed by atoms with Crippen molar-refractivity contribution in [2.75, 3.05) is 25.0 Å². The number of halogens is 1. The Morgan fingerprint density at radius 3 is 2.47 bits per heavy atom. The van der Waals surface area contributed by atoms with Crippen LogP contribution in [0.2, 0.25) is 5.02 Å². The molecule has 0 saturated carbocycles. The van der Waals surface area contributed by atoms with Gasteiger partial charge in [-0.15, -0.1) is 11.3 Å². The van der Waals surface area contributed by atoms with Crippen LogP contribution in [-0.2, 0) is 11.2 Å². The maximum absolute atomic E-state index is 13.7. The smallest absolute Gasteiger partial charge is 0.322 e. The number of carbonyl (C=O) groups excluding carboxylic acids is 2.